The highest BCUT2D eigenvalue weighted by molar-refractivity contribution is 6.00. The van der Waals surface area contributed by atoms with Crippen molar-refractivity contribution >= 4 is 27.9 Å². The number of rotatable bonds is 4. The van der Waals surface area contributed by atoms with Gasteiger partial charge in [-0.1, -0.05) is 54.6 Å². The van der Waals surface area contributed by atoms with E-state index in [1.807, 2.05) is 24.3 Å². The molecule has 0 spiro atoms. The van der Waals surface area contributed by atoms with Crippen LogP contribution in [0.4, 0.5) is 5.82 Å². The smallest absolute Gasteiger partial charge is 0.185 e. The van der Waals surface area contributed by atoms with Gasteiger partial charge in [-0.05, 0) is 5.56 Å². The molecule has 1 saturated heterocycles. The minimum absolute atomic E-state index is 0.724. The van der Waals surface area contributed by atoms with Gasteiger partial charge < -0.3 is 0 Å². The third kappa shape index (κ3) is 3.32. The van der Waals surface area contributed by atoms with Crippen molar-refractivity contribution in [1.82, 2.24) is 24.7 Å². The van der Waals surface area contributed by atoms with Crippen LogP contribution < -0.4 is 5.43 Å². The number of anilines is 1. The lowest BCUT2D eigenvalue weighted by Crippen LogP contribution is -2.33. The van der Waals surface area contributed by atoms with Crippen LogP contribution in [0.2, 0.25) is 0 Å². The molecule has 1 aliphatic heterocycles. The van der Waals surface area contributed by atoms with Gasteiger partial charge in [-0.15, -0.1) is 15.3 Å². The third-order valence-electron chi connectivity index (χ3n) is 5.16. The third-order valence-corrected chi connectivity index (χ3v) is 5.16. The number of hydrazone groups is 1. The molecule has 3 heterocycles. The Hall–Kier alpha value is -3.32. The molecular formula is C21H21N7. The molecule has 0 amide bonds. The lowest BCUT2D eigenvalue weighted by molar-refractivity contribution is 0.266. The fourth-order valence-electron chi connectivity index (χ4n) is 3.66. The van der Waals surface area contributed by atoms with Gasteiger partial charge in [0.15, 0.2) is 11.5 Å². The maximum absolute atomic E-state index is 4.66. The molecule has 1 fully saturated rings. The first kappa shape index (κ1) is 16.8. The van der Waals surface area contributed by atoms with Crippen LogP contribution in [-0.4, -0.2) is 43.5 Å². The molecule has 7 heteroatoms. The first-order valence-electron chi connectivity index (χ1n) is 9.53. The van der Waals surface area contributed by atoms with Gasteiger partial charge in [0.05, 0.1) is 0 Å². The zero-order valence-electron chi connectivity index (χ0n) is 15.5. The molecule has 0 bridgehead atoms. The minimum Gasteiger partial charge on any atom is -0.298 e. The summed E-state index contributed by atoms with van der Waals surface area (Å²) in [4.78, 5) is 2.48. The Morgan fingerprint density at radius 3 is 2.50 bits per heavy atom. The zero-order chi connectivity index (χ0) is 18.8. The maximum Gasteiger partial charge on any atom is 0.185 e. The second-order valence-corrected chi connectivity index (χ2v) is 7.04. The topological polar surface area (TPSA) is 70.7 Å². The molecule has 7 nitrogen and oxygen atoms in total. The summed E-state index contributed by atoms with van der Waals surface area (Å²) in [5, 5.41) is 19.4. The Labute approximate surface area is 162 Å². The molecular weight excluding hydrogens is 350 g/mol. The zero-order valence-corrected chi connectivity index (χ0v) is 15.5. The quantitative estimate of drug-likeness (QED) is 0.557. The summed E-state index contributed by atoms with van der Waals surface area (Å²) >= 11 is 0. The van der Waals surface area contributed by atoms with Crippen LogP contribution in [0.15, 0.2) is 66.0 Å². The predicted molar refractivity (Wildman–Crippen MR) is 110 cm³/mol. The molecule has 1 aliphatic rings. The Morgan fingerprint density at radius 1 is 0.929 bits per heavy atom. The Kier molecular flexibility index (Phi) is 4.42. The highest BCUT2D eigenvalue weighted by Crippen LogP contribution is 2.24. The summed E-state index contributed by atoms with van der Waals surface area (Å²) in [6.45, 7) is 3.04. The van der Waals surface area contributed by atoms with Gasteiger partial charge in [-0.3, -0.25) is 10.3 Å². The standard InChI is InChI=1S/C21H21N7/c1-2-6-16(7-3-1)14-27-12-10-17(11-13-27)23-24-20-18-8-4-5-9-19(18)21-25-22-15-28(21)26-20/h1-9,15H,10-14H2,(H,24,26). The number of aromatic nitrogens is 4. The van der Waals surface area contributed by atoms with Crippen LogP contribution in [-0.2, 0) is 6.54 Å². The van der Waals surface area contributed by atoms with E-state index in [4.69, 9.17) is 0 Å². The lowest BCUT2D eigenvalue weighted by Gasteiger charge is -2.27. The van der Waals surface area contributed by atoms with Crippen molar-refractivity contribution in [2.75, 3.05) is 18.5 Å². The van der Waals surface area contributed by atoms with E-state index in [-0.39, 0.29) is 0 Å². The van der Waals surface area contributed by atoms with Crippen molar-refractivity contribution in [2.45, 2.75) is 19.4 Å². The predicted octanol–water partition coefficient (Wildman–Crippen LogP) is 3.34. The first-order chi connectivity index (χ1) is 13.9. The highest BCUT2D eigenvalue weighted by atomic mass is 15.4. The number of piperidine rings is 1. The molecule has 4 aromatic rings. The molecule has 0 atom stereocenters. The van der Waals surface area contributed by atoms with Crippen molar-refractivity contribution in [3.05, 3.63) is 66.5 Å². The summed E-state index contributed by atoms with van der Waals surface area (Å²) < 4.78 is 1.69. The summed E-state index contributed by atoms with van der Waals surface area (Å²) in [6.07, 6.45) is 3.54. The van der Waals surface area contributed by atoms with E-state index in [1.165, 1.54) is 11.3 Å². The van der Waals surface area contributed by atoms with E-state index in [1.54, 1.807) is 10.8 Å². The molecule has 2 aromatic carbocycles. The van der Waals surface area contributed by atoms with Gasteiger partial charge in [-0.2, -0.15) is 9.62 Å². The highest BCUT2D eigenvalue weighted by Gasteiger charge is 2.16. The van der Waals surface area contributed by atoms with Gasteiger partial charge in [0, 0.05) is 49.0 Å². The van der Waals surface area contributed by atoms with E-state index < -0.39 is 0 Å². The number of benzene rings is 2. The number of hydrogen-bond donors (Lipinski definition) is 1. The van der Waals surface area contributed by atoms with E-state index in [0.717, 1.165) is 54.7 Å². The Balaban J connectivity index is 1.30. The summed E-state index contributed by atoms with van der Waals surface area (Å²) in [5.74, 6) is 0.724. The van der Waals surface area contributed by atoms with E-state index >= 15 is 0 Å². The molecule has 140 valence electrons. The average molecular weight is 371 g/mol. The van der Waals surface area contributed by atoms with Gasteiger partial charge >= 0.3 is 0 Å². The van der Waals surface area contributed by atoms with Crippen molar-refractivity contribution in [2.24, 2.45) is 5.10 Å². The Morgan fingerprint density at radius 2 is 1.68 bits per heavy atom. The van der Waals surface area contributed by atoms with E-state index in [2.05, 4.69) is 61.1 Å². The number of nitrogens with zero attached hydrogens (tertiary/aromatic N) is 6. The number of hydrogen-bond acceptors (Lipinski definition) is 6. The molecule has 0 aliphatic carbocycles. The molecule has 2 aromatic heterocycles. The van der Waals surface area contributed by atoms with Crippen LogP contribution in [0, 0.1) is 0 Å². The Bertz CT molecular complexity index is 1120. The van der Waals surface area contributed by atoms with Crippen molar-refractivity contribution < 1.29 is 0 Å². The van der Waals surface area contributed by atoms with Gasteiger partial charge in [0.1, 0.15) is 6.33 Å². The van der Waals surface area contributed by atoms with Gasteiger partial charge in [-0.25, -0.2) is 0 Å². The second-order valence-electron chi connectivity index (χ2n) is 7.04. The van der Waals surface area contributed by atoms with Crippen molar-refractivity contribution in [3.63, 3.8) is 0 Å². The number of nitrogens with one attached hydrogen (secondary N) is 1. The molecule has 28 heavy (non-hydrogen) atoms. The maximum atomic E-state index is 4.66. The molecule has 0 saturated carbocycles. The molecule has 1 N–H and O–H groups in total. The number of likely N-dealkylation sites (tertiary alicyclic amines) is 1. The average Bonchev–Trinajstić information content (AvgIpc) is 3.23. The molecule has 0 unspecified atom stereocenters. The lowest BCUT2D eigenvalue weighted by atomic mass is 10.1. The van der Waals surface area contributed by atoms with Gasteiger partial charge in [0.2, 0.25) is 0 Å². The van der Waals surface area contributed by atoms with Crippen molar-refractivity contribution in [1.29, 1.82) is 0 Å². The van der Waals surface area contributed by atoms with Crippen LogP contribution in [0.3, 0.4) is 0 Å². The van der Waals surface area contributed by atoms with E-state index in [0.29, 0.717) is 0 Å². The SMILES string of the molecule is c1ccc(CN2CCC(=NNc3nn4cnnc4c4ccccc34)CC2)cc1. The number of fused-ring (bicyclic) bond motifs is 3. The fraction of sp³-hybridized carbons (Fsp3) is 0.238. The monoisotopic (exact) mass is 371 g/mol. The molecule has 5 rings (SSSR count). The minimum atomic E-state index is 0.724. The summed E-state index contributed by atoms with van der Waals surface area (Å²) in [7, 11) is 0. The summed E-state index contributed by atoms with van der Waals surface area (Å²) in [6, 6.07) is 18.7. The van der Waals surface area contributed by atoms with Crippen LogP contribution in [0.25, 0.3) is 16.4 Å². The van der Waals surface area contributed by atoms with E-state index in [9.17, 15) is 0 Å². The fourth-order valence-corrected chi connectivity index (χ4v) is 3.66. The second kappa shape index (κ2) is 7.36. The summed E-state index contributed by atoms with van der Waals surface area (Å²) in [5.41, 5.74) is 6.48. The first-order valence-corrected chi connectivity index (χ1v) is 9.53. The van der Waals surface area contributed by atoms with Gasteiger partial charge in [0.25, 0.3) is 0 Å². The van der Waals surface area contributed by atoms with Crippen LogP contribution in [0.1, 0.15) is 18.4 Å². The van der Waals surface area contributed by atoms with Crippen molar-refractivity contribution in [3.8, 4) is 0 Å². The van der Waals surface area contributed by atoms with Crippen LogP contribution in [0.5, 0.6) is 0 Å². The van der Waals surface area contributed by atoms with Crippen LogP contribution >= 0.6 is 0 Å². The largest absolute Gasteiger partial charge is 0.298 e. The molecule has 0 radical (unpaired) electrons. The normalized spacial score (nSPS) is 15.2.